The summed E-state index contributed by atoms with van der Waals surface area (Å²) >= 11 is 3.36. The van der Waals surface area contributed by atoms with Gasteiger partial charge in [0, 0.05) is 17.5 Å². The molecule has 0 saturated carbocycles. The standard InChI is InChI=1S/C11H5F3INOS/c12-6-2-7(13)10(8(14)3-6)16-11(17)5-1-9(15)18-4-5/h1-4H,(H,16,17). The number of hydrogen-bond acceptors (Lipinski definition) is 2. The van der Waals surface area contributed by atoms with Crippen molar-refractivity contribution in [3.8, 4) is 0 Å². The Morgan fingerprint density at radius 3 is 2.28 bits per heavy atom. The van der Waals surface area contributed by atoms with Crippen molar-refractivity contribution in [2.75, 3.05) is 5.32 Å². The van der Waals surface area contributed by atoms with Crippen molar-refractivity contribution in [3.63, 3.8) is 0 Å². The van der Waals surface area contributed by atoms with Gasteiger partial charge in [0.05, 0.1) is 8.45 Å². The number of halogens is 4. The van der Waals surface area contributed by atoms with Crippen molar-refractivity contribution >= 4 is 45.5 Å². The zero-order valence-corrected chi connectivity index (χ0v) is 11.6. The average molecular weight is 383 g/mol. The number of amides is 1. The van der Waals surface area contributed by atoms with Crippen LogP contribution < -0.4 is 5.32 Å². The van der Waals surface area contributed by atoms with Gasteiger partial charge in [0.25, 0.3) is 5.91 Å². The lowest BCUT2D eigenvalue weighted by molar-refractivity contribution is 0.102. The molecule has 0 atom stereocenters. The Labute approximate surface area is 118 Å². The summed E-state index contributed by atoms with van der Waals surface area (Å²) in [4.78, 5) is 11.7. The van der Waals surface area contributed by atoms with Crippen LogP contribution in [-0.2, 0) is 0 Å². The molecule has 0 aliphatic rings. The third kappa shape index (κ3) is 2.83. The molecule has 1 amide bonds. The number of hydrogen-bond donors (Lipinski definition) is 1. The molecule has 1 aromatic carbocycles. The first kappa shape index (κ1) is 13.3. The van der Waals surface area contributed by atoms with Crippen LogP contribution in [0.4, 0.5) is 18.9 Å². The van der Waals surface area contributed by atoms with Gasteiger partial charge in [-0.25, -0.2) is 13.2 Å². The van der Waals surface area contributed by atoms with Crippen molar-refractivity contribution < 1.29 is 18.0 Å². The molecule has 2 rings (SSSR count). The number of carbonyl (C=O) groups excluding carboxylic acids is 1. The molecule has 0 aliphatic carbocycles. The van der Waals surface area contributed by atoms with E-state index in [1.54, 1.807) is 11.4 Å². The lowest BCUT2D eigenvalue weighted by atomic mass is 10.2. The molecule has 7 heteroatoms. The van der Waals surface area contributed by atoms with E-state index in [1.165, 1.54) is 11.3 Å². The summed E-state index contributed by atoms with van der Waals surface area (Å²) in [5, 5.41) is 3.65. The fourth-order valence-corrected chi connectivity index (χ4v) is 2.60. The van der Waals surface area contributed by atoms with E-state index < -0.39 is 29.0 Å². The minimum Gasteiger partial charge on any atom is -0.317 e. The van der Waals surface area contributed by atoms with Crippen molar-refractivity contribution in [2.24, 2.45) is 0 Å². The van der Waals surface area contributed by atoms with Crippen molar-refractivity contribution in [2.45, 2.75) is 0 Å². The summed E-state index contributed by atoms with van der Waals surface area (Å²) in [6, 6.07) is 2.60. The van der Waals surface area contributed by atoms with Gasteiger partial charge in [-0.3, -0.25) is 4.79 Å². The highest BCUT2D eigenvalue weighted by Crippen LogP contribution is 2.22. The van der Waals surface area contributed by atoms with Gasteiger partial charge in [-0.1, -0.05) is 0 Å². The second kappa shape index (κ2) is 5.27. The van der Waals surface area contributed by atoms with Crippen molar-refractivity contribution in [1.29, 1.82) is 0 Å². The monoisotopic (exact) mass is 383 g/mol. The largest absolute Gasteiger partial charge is 0.317 e. The number of thiophene rings is 1. The Kier molecular flexibility index (Phi) is 3.91. The predicted octanol–water partition coefficient (Wildman–Crippen LogP) is 4.02. The fourth-order valence-electron chi connectivity index (χ4n) is 1.28. The summed E-state index contributed by atoms with van der Waals surface area (Å²) < 4.78 is 40.2. The molecule has 0 fully saturated rings. The van der Waals surface area contributed by atoms with Crippen LogP contribution >= 0.6 is 33.9 Å². The summed E-state index contributed by atoms with van der Waals surface area (Å²) in [5.41, 5.74) is -0.352. The van der Waals surface area contributed by atoms with E-state index in [-0.39, 0.29) is 0 Å². The van der Waals surface area contributed by atoms with Gasteiger partial charge in [0.2, 0.25) is 0 Å². The number of benzene rings is 1. The smallest absolute Gasteiger partial charge is 0.256 e. The molecule has 0 spiro atoms. The summed E-state index contributed by atoms with van der Waals surface area (Å²) in [5.74, 6) is -3.97. The second-order valence-corrected chi connectivity index (χ2v) is 6.14. The summed E-state index contributed by atoms with van der Waals surface area (Å²) in [6.45, 7) is 0. The van der Waals surface area contributed by atoms with E-state index >= 15 is 0 Å². The topological polar surface area (TPSA) is 29.1 Å². The van der Waals surface area contributed by atoms with Crippen molar-refractivity contribution in [3.05, 3.63) is 49.5 Å². The van der Waals surface area contributed by atoms with Crippen LogP contribution in [-0.4, -0.2) is 5.91 Å². The van der Waals surface area contributed by atoms with Crippen LogP contribution in [0.2, 0.25) is 0 Å². The molecule has 1 aromatic heterocycles. The molecule has 0 radical (unpaired) electrons. The van der Waals surface area contributed by atoms with Crippen LogP contribution in [0, 0.1) is 20.3 Å². The molecular formula is C11H5F3INOS. The second-order valence-electron chi connectivity index (χ2n) is 3.34. The van der Waals surface area contributed by atoms with Crippen LogP contribution in [0.3, 0.4) is 0 Å². The van der Waals surface area contributed by atoms with Gasteiger partial charge >= 0.3 is 0 Å². The molecule has 2 nitrogen and oxygen atoms in total. The fraction of sp³-hybridized carbons (Fsp3) is 0. The molecule has 94 valence electrons. The van der Waals surface area contributed by atoms with E-state index in [2.05, 4.69) is 5.32 Å². The van der Waals surface area contributed by atoms with Gasteiger partial charge in [-0.15, -0.1) is 11.3 Å². The Hall–Kier alpha value is -1.09. The molecular weight excluding hydrogens is 378 g/mol. The third-order valence-electron chi connectivity index (χ3n) is 2.08. The maximum atomic E-state index is 13.3. The molecule has 0 bridgehead atoms. The SMILES string of the molecule is O=C(Nc1c(F)cc(F)cc1F)c1csc(I)c1. The summed E-state index contributed by atoms with van der Waals surface area (Å²) in [7, 11) is 0. The molecule has 0 unspecified atom stereocenters. The maximum Gasteiger partial charge on any atom is 0.256 e. The zero-order chi connectivity index (χ0) is 13.3. The van der Waals surface area contributed by atoms with Crippen molar-refractivity contribution in [1.82, 2.24) is 0 Å². The van der Waals surface area contributed by atoms with Gasteiger partial charge in [-0.2, -0.15) is 0 Å². The Balaban J connectivity index is 2.27. The first-order valence-electron chi connectivity index (χ1n) is 4.67. The molecule has 0 saturated heterocycles. The quantitative estimate of drug-likeness (QED) is 0.780. The highest BCUT2D eigenvalue weighted by Gasteiger charge is 2.16. The van der Waals surface area contributed by atoms with Crippen LogP contribution in [0.1, 0.15) is 10.4 Å². The highest BCUT2D eigenvalue weighted by atomic mass is 127. The molecule has 1 heterocycles. The number of rotatable bonds is 2. The van der Waals surface area contributed by atoms with E-state index in [9.17, 15) is 18.0 Å². The predicted molar refractivity (Wildman–Crippen MR) is 71.3 cm³/mol. The number of nitrogens with one attached hydrogen (secondary N) is 1. The minimum atomic E-state index is -1.15. The maximum absolute atomic E-state index is 13.3. The lowest BCUT2D eigenvalue weighted by Crippen LogP contribution is -2.13. The van der Waals surface area contributed by atoms with E-state index in [0.717, 1.165) is 2.88 Å². The average Bonchev–Trinajstić information content (AvgIpc) is 2.70. The number of anilines is 1. The van der Waals surface area contributed by atoms with E-state index in [4.69, 9.17) is 0 Å². The van der Waals surface area contributed by atoms with Crippen LogP contribution in [0.5, 0.6) is 0 Å². The molecule has 18 heavy (non-hydrogen) atoms. The Morgan fingerprint density at radius 1 is 1.17 bits per heavy atom. The van der Waals surface area contributed by atoms with E-state index in [0.29, 0.717) is 17.7 Å². The summed E-state index contributed by atoms with van der Waals surface area (Å²) in [6.07, 6.45) is 0. The molecule has 0 aliphatic heterocycles. The Morgan fingerprint density at radius 2 is 1.78 bits per heavy atom. The van der Waals surface area contributed by atoms with Gasteiger partial charge in [0.1, 0.15) is 11.5 Å². The zero-order valence-electron chi connectivity index (χ0n) is 8.64. The highest BCUT2D eigenvalue weighted by molar-refractivity contribution is 14.1. The lowest BCUT2D eigenvalue weighted by Gasteiger charge is -2.06. The normalized spacial score (nSPS) is 10.4. The molecule has 2 aromatic rings. The van der Waals surface area contributed by atoms with Gasteiger partial charge < -0.3 is 5.32 Å². The first-order valence-corrected chi connectivity index (χ1v) is 6.63. The third-order valence-corrected chi connectivity index (χ3v) is 3.86. The number of carbonyl (C=O) groups is 1. The van der Waals surface area contributed by atoms with Gasteiger partial charge in [0.15, 0.2) is 11.6 Å². The van der Waals surface area contributed by atoms with Crippen LogP contribution in [0.25, 0.3) is 0 Å². The van der Waals surface area contributed by atoms with Gasteiger partial charge in [-0.05, 0) is 28.7 Å². The Bertz CT molecular complexity index is 591. The van der Waals surface area contributed by atoms with E-state index in [1.807, 2.05) is 22.6 Å². The minimum absolute atomic E-state index is 0.299. The van der Waals surface area contributed by atoms with Crippen LogP contribution in [0.15, 0.2) is 23.6 Å². The first-order chi connectivity index (χ1) is 8.47. The molecule has 1 N–H and O–H groups in total.